The number of ether oxygens (including phenoxy) is 1. The number of halogens is 2. The molecule has 2 aliphatic carbocycles. The largest absolute Gasteiger partial charge is 0.490 e. The lowest BCUT2D eigenvalue weighted by Gasteiger charge is -2.08. The highest BCUT2D eigenvalue weighted by atomic mass is 32.1. The molecule has 0 radical (unpaired) electrons. The Kier molecular flexibility index (Phi) is 9.43. The van der Waals surface area contributed by atoms with Gasteiger partial charge in [-0.1, -0.05) is 61.5 Å². The van der Waals surface area contributed by atoms with Gasteiger partial charge in [0.25, 0.3) is 0 Å². The molecule has 0 saturated heterocycles. The molecule has 1 unspecified atom stereocenters. The third-order valence-electron chi connectivity index (χ3n) is 8.91. The SMILES string of the molecule is Cc1ccc(-c2ccc(-c3ccc(C4=CC(C)CC4)cc3)cc2F)s1.Cc1ccc(-c2ccc(-c3ccc(OC4CC4)cc3)cc2F)s1. The minimum Gasteiger partial charge on any atom is -0.490 e. The molecular weight excluding hydrogens is 635 g/mol. The summed E-state index contributed by atoms with van der Waals surface area (Å²) in [6.07, 6.45) is 7.46. The summed E-state index contributed by atoms with van der Waals surface area (Å²) in [5.74, 6) is 1.23. The molecule has 0 spiro atoms. The predicted octanol–water partition coefficient (Wildman–Crippen LogP) is 13.4. The molecule has 0 N–H and O–H groups in total. The Balaban J connectivity index is 0.000000152. The second kappa shape index (κ2) is 14.0. The highest BCUT2D eigenvalue weighted by molar-refractivity contribution is 7.15. The van der Waals surface area contributed by atoms with Crippen LogP contribution in [0.4, 0.5) is 8.78 Å². The molecule has 1 atom stereocenters. The van der Waals surface area contributed by atoms with Gasteiger partial charge in [0.05, 0.1) is 6.10 Å². The van der Waals surface area contributed by atoms with Crippen molar-refractivity contribution in [2.45, 2.75) is 52.6 Å². The van der Waals surface area contributed by atoms with Crippen LogP contribution in [0.3, 0.4) is 0 Å². The Bertz CT molecular complexity index is 2060. The van der Waals surface area contributed by atoms with Crippen LogP contribution >= 0.6 is 22.7 Å². The fourth-order valence-electron chi connectivity index (χ4n) is 6.06. The number of allylic oxidation sites excluding steroid dienone is 2. The Labute approximate surface area is 290 Å². The zero-order chi connectivity index (χ0) is 33.2. The molecule has 4 aromatic carbocycles. The molecule has 2 aromatic heterocycles. The van der Waals surface area contributed by atoms with Gasteiger partial charge in [0.15, 0.2) is 0 Å². The monoisotopic (exact) mass is 672 g/mol. The first-order valence-corrected chi connectivity index (χ1v) is 18.2. The van der Waals surface area contributed by atoms with Crippen LogP contribution in [0.2, 0.25) is 0 Å². The highest BCUT2D eigenvalue weighted by Gasteiger charge is 2.23. The van der Waals surface area contributed by atoms with Crippen molar-refractivity contribution in [2.24, 2.45) is 5.92 Å². The second-order valence-corrected chi connectivity index (χ2v) is 15.4. The van der Waals surface area contributed by atoms with Gasteiger partial charge in [0.2, 0.25) is 0 Å². The maximum Gasteiger partial charge on any atom is 0.132 e. The van der Waals surface area contributed by atoms with Crippen LogP contribution in [0.5, 0.6) is 5.75 Å². The molecular formula is C43H38F2OS2. The predicted molar refractivity (Wildman–Crippen MR) is 200 cm³/mol. The Hall–Kier alpha value is -4.32. The summed E-state index contributed by atoms with van der Waals surface area (Å²) in [6.45, 7) is 6.34. The van der Waals surface area contributed by atoms with E-state index in [1.165, 1.54) is 27.3 Å². The second-order valence-electron chi connectivity index (χ2n) is 12.8. The molecule has 5 heteroatoms. The summed E-state index contributed by atoms with van der Waals surface area (Å²) in [6, 6.07) is 35.4. The van der Waals surface area contributed by atoms with Gasteiger partial charge in [-0.25, -0.2) is 8.78 Å². The summed E-state index contributed by atoms with van der Waals surface area (Å²) in [5, 5.41) is 0. The van der Waals surface area contributed by atoms with Crippen molar-refractivity contribution in [1.29, 1.82) is 0 Å². The van der Waals surface area contributed by atoms with Crippen LogP contribution in [-0.4, -0.2) is 6.10 Å². The first-order valence-electron chi connectivity index (χ1n) is 16.6. The molecule has 48 heavy (non-hydrogen) atoms. The fourth-order valence-corrected chi connectivity index (χ4v) is 7.85. The van der Waals surface area contributed by atoms with E-state index in [4.69, 9.17) is 4.74 Å². The minimum absolute atomic E-state index is 0.157. The molecule has 6 aromatic rings. The molecule has 0 bridgehead atoms. The topological polar surface area (TPSA) is 9.23 Å². The lowest BCUT2D eigenvalue weighted by molar-refractivity contribution is 0.303. The van der Waals surface area contributed by atoms with Crippen molar-refractivity contribution in [3.05, 3.63) is 142 Å². The van der Waals surface area contributed by atoms with E-state index in [1.54, 1.807) is 34.8 Å². The van der Waals surface area contributed by atoms with E-state index >= 15 is 0 Å². The van der Waals surface area contributed by atoms with Gasteiger partial charge < -0.3 is 4.74 Å². The smallest absolute Gasteiger partial charge is 0.132 e. The lowest BCUT2D eigenvalue weighted by atomic mass is 9.99. The third-order valence-corrected chi connectivity index (χ3v) is 11.0. The van der Waals surface area contributed by atoms with Gasteiger partial charge in [-0.2, -0.15) is 0 Å². The van der Waals surface area contributed by atoms with E-state index in [9.17, 15) is 8.78 Å². The van der Waals surface area contributed by atoms with Gasteiger partial charge in [-0.3, -0.25) is 0 Å². The van der Waals surface area contributed by atoms with Crippen molar-refractivity contribution in [3.63, 3.8) is 0 Å². The van der Waals surface area contributed by atoms with E-state index in [0.717, 1.165) is 57.0 Å². The number of rotatable bonds is 7. The van der Waals surface area contributed by atoms with Crippen LogP contribution in [0.25, 0.3) is 48.7 Å². The Morgan fingerprint density at radius 3 is 1.46 bits per heavy atom. The maximum atomic E-state index is 14.6. The fraction of sp³-hybridized carbons (Fsp3) is 0.209. The molecule has 1 nitrogen and oxygen atoms in total. The molecule has 1 fully saturated rings. The van der Waals surface area contributed by atoms with Gasteiger partial charge in [-0.15, -0.1) is 22.7 Å². The Morgan fingerprint density at radius 1 is 0.562 bits per heavy atom. The lowest BCUT2D eigenvalue weighted by Crippen LogP contribution is -1.95. The zero-order valence-corrected chi connectivity index (χ0v) is 29.1. The molecule has 0 amide bonds. The standard InChI is InChI=1S/C23H21FS.C20H17FOS/c1-15-3-5-19(13-15)17-6-8-18(9-7-17)20-10-11-21(22(24)14-20)23-12-4-16(2)25-23;1-13-2-11-20(23-13)18-10-5-15(12-19(18)21)14-3-6-16(7-4-14)22-17-8-9-17/h4,6-15H,3,5H2,1-2H3;2-7,10-12,17H,8-9H2,1H3. The summed E-state index contributed by atoms with van der Waals surface area (Å²) >= 11 is 3.24. The Morgan fingerprint density at radius 2 is 1.04 bits per heavy atom. The van der Waals surface area contributed by atoms with E-state index in [0.29, 0.717) is 23.1 Å². The van der Waals surface area contributed by atoms with Crippen LogP contribution in [-0.2, 0) is 0 Å². The normalized spacial score (nSPS) is 15.5. The molecule has 242 valence electrons. The summed E-state index contributed by atoms with van der Waals surface area (Å²) in [7, 11) is 0. The third kappa shape index (κ3) is 7.53. The summed E-state index contributed by atoms with van der Waals surface area (Å²) in [4.78, 5) is 4.35. The average molecular weight is 673 g/mol. The van der Waals surface area contributed by atoms with E-state index in [-0.39, 0.29) is 11.6 Å². The van der Waals surface area contributed by atoms with Crippen LogP contribution < -0.4 is 4.74 Å². The number of thiophene rings is 2. The molecule has 1 saturated carbocycles. The average Bonchev–Trinajstić information content (AvgIpc) is 3.39. The number of hydrogen-bond acceptors (Lipinski definition) is 3. The zero-order valence-electron chi connectivity index (χ0n) is 27.4. The van der Waals surface area contributed by atoms with E-state index < -0.39 is 0 Å². The first-order chi connectivity index (χ1) is 23.3. The van der Waals surface area contributed by atoms with E-state index in [1.807, 2.05) is 86.6 Å². The molecule has 8 rings (SSSR count). The molecule has 0 aliphatic heterocycles. The van der Waals surface area contributed by atoms with Crippen LogP contribution in [0.15, 0.2) is 115 Å². The van der Waals surface area contributed by atoms with Gasteiger partial charge in [-0.05, 0) is 140 Å². The van der Waals surface area contributed by atoms with Gasteiger partial charge >= 0.3 is 0 Å². The quantitative estimate of drug-likeness (QED) is 0.164. The summed E-state index contributed by atoms with van der Waals surface area (Å²) in [5.41, 5.74) is 7.95. The van der Waals surface area contributed by atoms with Crippen LogP contribution in [0.1, 0.15) is 47.9 Å². The van der Waals surface area contributed by atoms with Crippen molar-refractivity contribution >= 4 is 28.2 Å². The maximum absolute atomic E-state index is 14.6. The highest BCUT2D eigenvalue weighted by Crippen LogP contribution is 2.36. The minimum atomic E-state index is -0.178. The van der Waals surface area contributed by atoms with Crippen molar-refractivity contribution in [3.8, 4) is 48.9 Å². The van der Waals surface area contributed by atoms with Crippen LogP contribution in [0, 0.1) is 31.4 Å². The summed E-state index contributed by atoms with van der Waals surface area (Å²) < 4.78 is 34.8. The van der Waals surface area contributed by atoms with Gasteiger partial charge in [0, 0.05) is 30.6 Å². The molecule has 2 heterocycles. The number of benzene rings is 4. The number of aryl methyl sites for hydroxylation is 2. The van der Waals surface area contributed by atoms with E-state index in [2.05, 4.69) is 37.3 Å². The molecule has 2 aliphatic rings. The first kappa shape index (κ1) is 32.2. The van der Waals surface area contributed by atoms with Crippen molar-refractivity contribution in [2.75, 3.05) is 0 Å². The van der Waals surface area contributed by atoms with Gasteiger partial charge in [0.1, 0.15) is 17.4 Å². The van der Waals surface area contributed by atoms with Crippen molar-refractivity contribution in [1.82, 2.24) is 0 Å². The number of hydrogen-bond donors (Lipinski definition) is 0. The van der Waals surface area contributed by atoms with Crippen molar-refractivity contribution < 1.29 is 13.5 Å².